The molecular weight excluding hydrogens is 301 g/mol. The van der Waals surface area contributed by atoms with Crippen LogP contribution < -0.4 is 0 Å². The average Bonchev–Trinajstić information content (AvgIpc) is 2.48. The van der Waals surface area contributed by atoms with Crippen LogP contribution in [0.15, 0.2) is 48.8 Å². The molecule has 3 heteroatoms. The van der Waals surface area contributed by atoms with Crippen molar-refractivity contribution in [3.05, 3.63) is 70.0 Å². The summed E-state index contributed by atoms with van der Waals surface area (Å²) in [5, 5.41) is 1.37. The number of halogens is 2. The van der Waals surface area contributed by atoms with E-state index in [1.807, 2.05) is 24.4 Å². The highest BCUT2D eigenvalue weighted by atomic mass is 35.5. The second-order valence-electron chi connectivity index (χ2n) is 5.08. The fourth-order valence-corrected chi connectivity index (χ4v) is 2.97. The summed E-state index contributed by atoms with van der Waals surface area (Å²) in [6.07, 6.45) is 8.14. The van der Waals surface area contributed by atoms with Gasteiger partial charge in [-0.05, 0) is 41.3 Å². The Morgan fingerprint density at radius 2 is 2.10 bits per heavy atom. The third-order valence-corrected chi connectivity index (χ3v) is 4.11. The number of nitrogens with zero attached hydrogens (tertiary/aromatic N) is 1. The standard InChI is InChI=1S/C18H19Cl2N/c1-3-4-7-16(14-6-5-10-21-12-14)13(2)17-9-8-15(19)11-18(17)20/h5-13H,3-4H2,1-2H3/b16-7+. The van der Waals surface area contributed by atoms with Crippen molar-refractivity contribution in [3.63, 3.8) is 0 Å². The van der Waals surface area contributed by atoms with E-state index < -0.39 is 0 Å². The Bertz CT molecular complexity index is 620. The molecule has 0 amide bonds. The van der Waals surface area contributed by atoms with Crippen molar-refractivity contribution in [1.29, 1.82) is 0 Å². The first-order chi connectivity index (χ1) is 10.1. The zero-order valence-electron chi connectivity index (χ0n) is 12.3. The van der Waals surface area contributed by atoms with Crippen molar-refractivity contribution in [1.82, 2.24) is 4.98 Å². The number of unbranched alkanes of at least 4 members (excludes halogenated alkanes) is 1. The van der Waals surface area contributed by atoms with Gasteiger partial charge in [-0.1, -0.05) is 61.7 Å². The van der Waals surface area contributed by atoms with Gasteiger partial charge in [0.2, 0.25) is 0 Å². The van der Waals surface area contributed by atoms with Crippen LogP contribution in [0, 0.1) is 0 Å². The molecule has 110 valence electrons. The minimum absolute atomic E-state index is 0.200. The molecule has 0 aliphatic rings. The smallest absolute Gasteiger partial charge is 0.0458 e. The van der Waals surface area contributed by atoms with Crippen LogP contribution in [-0.4, -0.2) is 4.98 Å². The molecule has 0 radical (unpaired) electrons. The Morgan fingerprint density at radius 3 is 2.71 bits per heavy atom. The molecule has 0 aliphatic heterocycles. The first-order valence-corrected chi connectivity index (χ1v) is 7.94. The molecule has 0 spiro atoms. The van der Waals surface area contributed by atoms with E-state index in [1.165, 1.54) is 5.57 Å². The summed E-state index contributed by atoms with van der Waals surface area (Å²) in [4.78, 5) is 4.23. The van der Waals surface area contributed by atoms with Gasteiger partial charge in [-0.2, -0.15) is 0 Å². The lowest BCUT2D eigenvalue weighted by Gasteiger charge is -2.18. The molecule has 1 aromatic carbocycles. The van der Waals surface area contributed by atoms with E-state index >= 15 is 0 Å². The fraction of sp³-hybridized carbons (Fsp3) is 0.278. The van der Waals surface area contributed by atoms with Gasteiger partial charge in [0.15, 0.2) is 0 Å². The van der Waals surface area contributed by atoms with Crippen LogP contribution in [0.5, 0.6) is 0 Å². The number of rotatable bonds is 5. The largest absolute Gasteiger partial charge is 0.264 e. The van der Waals surface area contributed by atoms with Gasteiger partial charge in [0.05, 0.1) is 0 Å². The molecule has 0 saturated carbocycles. The second-order valence-corrected chi connectivity index (χ2v) is 5.92. The molecule has 0 fully saturated rings. The Morgan fingerprint density at radius 1 is 1.29 bits per heavy atom. The van der Waals surface area contributed by atoms with E-state index in [0.717, 1.165) is 24.0 Å². The molecule has 2 rings (SSSR count). The van der Waals surface area contributed by atoms with Gasteiger partial charge in [-0.25, -0.2) is 0 Å². The van der Waals surface area contributed by atoms with E-state index in [0.29, 0.717) is 10.0 Å². The third kappa shape index (κ3) is 4.09. The van der Waals surface area contributed by atoms with Crippen molar-refractivity contribution in [2.45, 2.75) is 32.6 Å². The summed E-state index contributed by atoms with van der Waals surface area (Å²) >= 11 is 12.4. The number of benzene rings is 1. The molecule has 1 unspecified atom stereocenters. The first kappa shape index (κ1) is 16.1. The molecule has 1 atom stereocenters. The van der Waals surface area contributed by atoms with E-state index in [4.69, 9.17) is 23.2 Å². The number of pyridine rings is 1. The van der Waals surface area contributed by atoms with Crippen LogP contribution in [0.3, 0.4) is 0 Å². The Labute approximate surface area is 136 Å². The second kappa shape index (κ2) is 7.63. The van der Waals surface area contributed by atoms with Crippen LogP contribution in [0.1, 0.15) is 43.7 Å². The van der Waals surface area contributed by atoms with Gasteiger partial charge >= 0.3 is 0 Å². The van der Waals surface area contributed by atoms with Gasteiger partial charge in [-0.3, -0.25) is 4.98 Å². The minimum atomic E-state index is 0.200. The summed E-state index contributed by atoms with van der Waals surface area (Å²) in [6, 6.07) is 9.75. The maximum Gasteiger partial charge on any atom is 0.0458 e. The highest BCUT2D eigenvalue weighted by molar-refractivity contribution is 6.35. The highest BCUT2D eigenvalue weighted by Gasteiger charge is 2.16. The van der Waals surface area contributed by atoms with Gasteiger partial charge < -0.3 is 0 Å². The van der Waals surface area contributed by atoms with Gasteiger partial charge in [0.1, 0.15) is 0 Å². The summed E-state index contributed by atoms with van der Waals surface area (Å²) in [5.74, 6) is 0.200. The normalized spacial score (nSPS) is 13.2. The molecule has 1 nitrogen and oxygen atoms in total. The lowest BCUT2D eigenvalue weighted by atomic mass is 9.88. The number of hydrogen-bond donors (Lipinski definition) is 0. The van der Waals surface area contributed by atoms with Gasteiger partial charge in [0, 0.05) is 28.4 Å². The Hall–Kier alpha value is -1.31. The van der Waals surface area contributed by atoms with Crippen LogP contribution in [0.2, 0.25) is 10.0 Å². The third-order valence-electron chi connectivity index (χ3n) is 3.54. The molecule has 0 saturated heterocycles. The Balaban J connectivity index is 2.41. The van der Waals surface area contributed by atoms with Crippen molar-refractivity contribution >= 4 is 28.8 Å². The predicted octanol–water partition coefficient (Wildman–Crippen LogP) is 6.38. The SMILES string of the molecule is CCC/C=C(/c1cccnc1)C(C)c1ccc(Cl)cc1Cl. The molecule has 1 heterocycles. The van der Waals surface area contributed by atoms with Gasteiger partial charge in [-0.15, -0.1) is 0 Å². The van der Waals surface area contributed by atoms with Gasteiger partial charge in [0.25, 0.3) is 0 Å². The van der Waals surface area contributed by atoms with E-state index in [-0.39, 0.29) is 5.92 Å². The van der Waals surface area contributed by atoms with Crippen molar-refractivity contribution in [3.8, 4) is 0 Å². The quantitative estimate of drug-likeness (QED) is 0.623. The summed E-state index contributed by atoms with van der Waals surface area (Å²) < 4.78 is 0. The molecule has 21 heavy (non-hydrogen) atoms. The molecule has 0 aliphatic carbocycles. The maximum absolute atomic E-state index is 6.36. The molecule has 2 aromatic rings. The van der Waals surface area contributed by atoms with Crippen LogP contribution in [0.4, 0.5) is 0 Å². The van der Waals surface area contributed by atoms with Crippen molar-refractivity contribution in [2.75, 3.05) is 0 Å². The zero-order chi connectivity index (χ0) is 15.2. The van der Waals surface area contributed by atoms with E-state index in [9.17, 15) is 0 Å². The number of aromatic nitrogens is 1. The summed E-state index contributed by atoms with van der Waals surface area (Å²) in [6.45, 7) is 4.35. The average molecular weight is 320 g/mol. The van der Waals surface area contributed by atoms with Crippen LogP contribution >= 0.6 is 23.2 Å². The van der Waals surface area contributed by atoms with E-state index in [1.54, 1.807) is 12.3 Å². The number of allylic oxidation sites excluding steroid dienone is 2. The molecule has 1 aromatic heterocycles. The van der Waals surface area contributed by atoms with E-state index in [2.05, 4.69) is 31.0 Å². The zero-order valence-corrected chi connectivity index (χ0v) is 13.8. The number of hydrogen-bond acceptors (Lipinski definition) is 1. The predicted molar refractivity (Wildman–Crippen MR) is 92.0 cm³/mol. The lowest BCUT2D eigenvalue weighted by Crippen LogP contribution is -2.00. The fourth-order valence-electron chi connectivity index (χ4n) is 2.40. The summed E-state index contributed by atoms with van der Waals surface area (Å²) in [5.41, 5.74) is 3.49. The highest BCUT2D eigenvalue weighted by Crippen LogP contribution is 2.36. The molecular formula is C18H19Cl2N. The monoisotopic (exact) mass is 319 g/mol. The maximum atomic E-state index is 6.36. The molecule has 0 N–H and O–H groups in total. The lowest BCUT2D eigenvalue weighted by molar-refractivity contribution is 0.931. The molecule has 0 bridgehead atoms. The Kier molecular flexibility index (Phi) is 5.84. The summed E-state index contributed by atoms with van der Waals surface area (Å²) in [7, 11) is 0. The minimum Gasteiger partial charge on any atom is -0.264 e. The topological polar surface area (TPSA) is 12.9 Å². The van der Waals surface area contributed by atoms with Crippen molar-refractivity contribution in [2.24, 2.45) is 0 Å². The van der Waals surface area contributed by atoms with Crippen LogP contribution in [-0.2, 0) is 0 Å². The van der Waals surface area contributed by atoms with Crippen molar-refractivity contribution < 1.29 is 0 Å². The van der Waals surface area contributed by atoms with Crippen LogP contribution in [0.25, 0.3) is 5.57 Å². The first-order valence-electron chi connectivity index (χ1n) is 7.19.